The third kappa shape index (κ3) is 1.14. The largest absolute Gasteiger partial charge is 0.341 e. The van der Waals surface area contributed by atoms with Crippen LogP contribution in [0.4, 0.5) is 0 Å². The molecule has 0 radical (unpaired) electrons. The average molecular weight is 179 g/mol. The molecule has 2 heterocycles. The van der Waals surface area contributed by atoms with Crippen LogP contribution in [0.15, 0.2) is 18.3 Å². The first-order valence-electron chi connectivity index (χ1n) is 4.36. The number of likely N-dealkylation sites (N-methyl/N-ethyl adjacent to an activating group) is 1. The van der Waals surface area contributed by atoms with Gasteiger partial charge in [-0.05, 0) is 12.1 Å². The van der Waals surface area contributed by atoms with Crippen molar-refractivity contribution < 1.29 is 4.79 Å². The zero-order chi connectivity index (χ0) is 9.42. The summed E-state index contributed by atoms with van der Waals surface area (Å²) in [5.41, 5.74) is 6.33. The van der Waals surface area contributed by atoms with Crippen LogP contribution in [-0.4, -0.2) is 35.0 Å². The maximum atomic E-state index is 11.7. The molecule has 70 valence electrons. The van der Waals surface area contributed by atoms with E-state index >= 15 is 0 Å². The van der Waals surface area contributed by atoms with Crippen molar-refractivity contribution in [1.82, 2.24) is 9.47 Å². The summed E-state index contributed by atoms with van der Waals surface area (Å²) < 4.78 is 1.96. The van der Waals surface area contributed by atoms with Crippen LogP contribution in [0.2, 0.25) is 0 Å². The Kier molecular flexibility index (Phi) is 1.84. The summed E-state index contributed by atoms with van der Waals surface area (Å²) in [6.07, 6.45) is 1.92. The molecule has 2 rings (SSSR count). The van der Waals surface area contributed by atoms with Crippen molar-refractivity contribution in [3.8, 4) is 0 Å². The van der Waals surface area contributed by atoms with E-state index in [0.29, 0.717) is 6.54 Å². The van der Waals surface area contributed by atoms with Gasteiger partial charge in [-0.2, -0.15) is 0 Å². The van der Waals surface area contributed by atoms with Gasteiger partial charge in [0, 0.05) is 26.3 Å². The third-order valence-corrected chi connectivity index (χ3v) is 2.60. The lowest BCUT2D eigenvalue weighted by molar-refractivity contribution is 0.0665. The summed E-state index contributed by atoms with van der Waals surface area (Å²) >= 11 is 0. The number of hydrogen-bond donors (Lipinski definition) is 1. The van der Waals surface area contributed by atoms with Crippen LogP contribution < -0.4 is 5.73 Å². The smallest absolute Gasteiger partial charge is 0.270 e. The fraction of sp³-hybridized carbons (Fsp3) is 0.444. The standard InChI is InChI=1S/C9H13N3O/c1-11-7(5-10)6-12-4-2-3-8(12)9(11)13/h2-4,7H,5-6,10H2,1H3/t7-/m1/s1. The van der Waals surface area contributed by atoms with Gasteiger partial charge in [0.2, 0.25) is 0 Å². The van der Waals surface area contributed by atoms with E-state index in [2.05, 4.69) is 0 Å². The number of carbonyl (C=O) groups is 1. The first-order chi connectivity index (χ1) is 6.24. The highest BCUT2D eigenvalue weighted by atomic mass is 16.2. The van der Waals surface area contributed by atoms with E-state index in [4.69, 9.17) is 5.73 Å². The van der Waals surface area contributed by atoms with Crippen molar-refractivity contribution in [1.29, 1.82) is 0 Å². The molecular weight excluding hydrogens is 166 g/mol. The maximum absolute atomic E-state index is 11.7. The number of carbonyl (C=O) groups excluding carboxylic acids is 1. The molecule has 4 heteroatoms. The molecular formula is C9H13N3O. The van der Waals surface area contributed by atoms with E-state index in [1.807, 2.05) is 22.9 Å². The van der Waals surface area contributed by atoms with Gasteiger partial charge in [-0.1, -0.05) is 0 Å². The molecule has 1 aliphatic rings. The second-order valence-corrected chi connectivity index (χ2v) is 3.35. The molecule has 0 fully saturated rings. The zero-order valence-corrected chi connectivity index (χ0v) is 7.60. The van der Waals surface area contributed by atoms with Gasteiger partial charge in [-0.3, -0.25) is 4.79 Å². The van der Waals surface area contributed by atoms with E-state index in [-0.39, 0.29) is 11.9 Å². The fourth-order valence-corrected chi connectivity index (χ4v) is 1.70. The zero-order valence-electron chi connectivity index (χ0n) is 7.60. The number of rotatable bonds is 1. The molecule has 1 aromatic heterocycles. The van der Waals surface area contributed by atoms with E-state index < -0.39 is 0 Å². The highest BCUT2D eigenvalue weighted by molar-refractivity contribution is 5.93. The van der Waals surface area contributed by atoms with Gasteiger partial charge in [-0.25, -0.2) is 0 Å². The number of hydrogen-bond acceptors (Lipinski definition) is 2. The SMILES string of the molecule is CN1C(=O)c2cccn2C[C@H]1CN. The predicted molar refractivity (Wildman–Crippen MR) is 49.4 cm³/mol. The molecule has 2 N–H and O–H groups in total. The maximum Gasteiger partial charge on any atom is 0.270 e. The molecule has 0 unspecified atom stereocenters. The van der Waals surface area contributed by atoms with Crippen LogP contribution in [0.3, 0.4) is 0 Å². The second-order valence-electron chi connectivity index (χ2n) is 3.35. The van der Waals surface area contributed by atoms with Crippen molar-refractivity contribution >= 4 is 5.91 Å². The highest BCUT2D eigenvalue weighted by Crippen LogP contribution is 2.15. The van der Waals surface area contributed by atoms with Crippen LogP contribution in [0.25, 0.3) is 0 Å². The number of amides is 1. The summed E-state index contributed by atoms with van der Waals surface area (Å²) in [5.74, 6) is 0.0618. The average Bonchev–Trinajstić information content (AvgIpc) is 2.59. The lowest BCUT2D eigenvalue weighted by atomic mass is 10.2. The summed E-state index contributed by atoms with van der Waals surface area (Å²) in [6.45, 7) is 1.32. The minimum absolute atomic E-state index is 0.0618. The molecule has 0 aromatic carbocycles. The molecule has 4 nitrogen and oxygen atoms in total. The molecule has 1 aliphatic heterocycles. The Morgan fingerprint density at radius 3 is 3.15 bits per heavy atom. The van der Waals surface area contributed by atoms with Crippen LogP contribution >= 0.6 is 0 Å². The molecule has 0 aliphatic carbocycles. The lowest BCUT2D eigenvalue weighted by Crippen LogP contribution is -2.48. The number of nitrogens with zero attached hydrogens (tertiary/aromatic N) is 2. The Balaban J connectivity index is 2.38. The first kappa shape index (κ1) is 8.31. The van der Waals surface area contributed by atoms with Gasteiger partial charge in [0.25, 0.3) is 5.91 Å². The Bertz CT molecular complexity index is 331. The van der Waals surface area contributed by atoms with Crippen molar-refractivity contribution in [3.05, 3.63) is 24.0 Å². The van der Waals surface area contributed by atoms with Crippen molar-refractivity contribution in [3.63, 3.8) is 0 Å². The van der Waals surface area contributed by atoms with Crippen molar-refractivity contribution in [2.75, 3.05) is 13.6 Å². The Morgan fingerprint density at radius 1 is 1.69 bits per heavy atom. The van der Waals surface area contributed by atoms with E-state index in [9.17, 15) is 4.79 Å². The molecule has 1 amide bonds. The van der Waals surface area contributed by atoms with Crippen LogP contribution in [0, 0.1) is 0 Å². The topological polar surface area (TPSA) is 51.3 Å². The van der Waals surface area contributed by atoms with Gasteiger partial charge in [0.05, 0.1) is 6.04 Å². The third-order valence-electron chi connectivity index (χ3n) is 2.60. The van der Waals surface area contributed by atoms with Gasteiger partial charge in [0.15, 0.2) is 0 Å². The molecule has 0 bridgehead atoms. The Morgan fingerprint density at radius 2 is 2.46 bits per heavy atom. The number of aromatic nitrogens is 1. The minimum Gasteiger partial charge on any atom is -0.341 e. The lowest BCUT2D eigenvalue weighted by Gasteiger charge is -2.32. The van der Waals surface area contributed by atoms with Crippen molar-refractivity contribution in [2.24, 2.45) is 5.73 Å². The Hall–Kier alpha value is -1.29. The number of fused-ring (bicyclic) bond motifs is 1. The summed E-state index contributed by atoms with van der Waals surface area (Å²) in [6, 6.07) is 3.86. The minimum atomic E-state index is 0.0618. The second kappa shape index (κ2) is 2.88. The first-order valence-corrected chi connectivity index (χ1v) is 4.36. The monoisotopic (exact) mass is 179 g/mol. The van der Waals surface area contributed by atoms with Gasteiger partial charge >= 0.3 is 0 Å². The molecule has 1 aromatic rings. The summed E-state index contributed by atoms with van der Waals surface area (Å²) in [4.78, 5) is 13.4. The van der Waals surface area contributed by atoms with Gasteiger partial charge < -0.3 is 15.2 Å². The molecule has 0 saturated heterocycles. The van der Waals surface area contributed by atoms with Gasteiger partial charge in [-0.15, -0.1) is 0 Å². The summed E-state index contributed by atoms with van der Waals surface area (Å²) in [7, 11) is 1.80. The van der Waals surface area contributed by atoms with E-state index in [1.165, 1.54) is 0 Å². The number of nitrogens with two attached hydrogens (primary N) is 1. The quantitative estimate of drug-likeness (QED) is 0.654. The molecule has 1 atom stereocenters. The van der Waals surface area contributed by atoms with Crippen molar-refractivity contribution in [2.45, 2.75) is 12.6 Å². The normalized spacial score (nSPS) is 21.8. The van der Waals surface area contributed by atoms with Crippen LogP contribution in [0.5, 0.6) is 0 Å². The van der Waals surface area contributed by atoms with E-state index in [1.54, 1.807) is 11.9 Å². The van der Waals surface area contributed by atoms with Crippen LogP contribution in [-0.2, 0) is 6.54 Å². The van der Waals surface area contributed by atoms with E-state index in [0.717, 1.165) is 12.2 Å². The fourth-order valence-electron chi connectivity index (χ4n) is 1.70. The molecule has 13 heavy (non-hydrogen) atoms. The van der Waals surface area contributed by atoms with Crippen LogP contribution in [0.1, 0.15) is 10.5 Å². The van der Waals surface area contributed by atoms with Gasteiger partial charge in [0.1, 0.15) is 5.69 Å². The Labute approximate surface area is 76.9 Å². The molecule has 0 spiro atoms. The summed E-state index contributed by atoms with van der Waals surface area (Å²) in [5, 5.41) is 0. The predicted octanol–water partition coefficient (Wildman–Crippen LogP) is -0.0990. The highest BCUT2D eigenvalue weighted by Gasteiger charge is 2.27. The molecule has 0 saturated carbocycles.